The summed E-state index contributed by atoms with van der Waals surface area (Å²) < 4.78 is 5.57. The molecule has 2 rings (SSSR count). The standard InChI is InChI=1S/C19H22N2O3/c1-14(2)13-24-17-10-8-16(9-11-17)19(23)21-20-18(22)12-15-6-4-3-5-7-15/h3-11,14H,12-13H2,1-2H3,(H,20,22)(H,21,23). The first-order chi connectivity index (χ1) is 11.5. The van der Waals surface area contributed by atoms with Crippen molar-refractivity contribution in [2.24, 2.45) is 5.92 Å². The summed E-state index contributed by atoms with van der Waals surface area (Å²) in [5.41, 5.74) is 6.16. The largest absolute Gasteiger partial charge is 0.493 e. The molecule has 0 saturated heterocycles. The molecule has 2 aromatic carbocycles. The van der Waals surface area contributed by atoms with E-state index < -0.39 is 0 Å². The Balaban J connectivity index is 1.80. The molecule has 5 heteroatoms. The molecule has 0 aliphatic heterocycles. The number of hydrogen-bond acceptors (Lipinski definition) is 3. The highest BCUT2D eigenvalue weighted by molar-refractivity contribution is 5.95. The Morgan fingerprint density at radius 3 is 2.25 bits per heavy atom. The Hall–Kier alpha value is -2.82. The van der Waals surface area contributed by atoms with E-state index in [1.54, 1.807) is 24.3 Å². The highest BCUT2D eigenvalue weighted by Crippen LogP contribution is 2.13. The van der Waals surface area contributed by atoms with Crippen LogP contribution in [0.15, 0.2) is 54.6 Å². The molecule has 0 heterocycles. The SMILES string of the molecule is CC(C)COc1ccc(C(=O)NNC(=O)Cc2ccccc2)cc1. The van der Waals surface area contributed by atoms with Crippen molar-refractivity contribution in [3.05, 3.63) is 65.7 Å². The van der Waals surface area contributed by atoms with Gasteiger partial charge in [0.05, 0.1) is 13.0 Å². The van der Waals surface area contributed by atoms with Crippen LogP contribution in [0.25, 0.3) is 0 Å². The summed E-state index contributed by atoms with van der Waals surface area (Å²) in [6.45, 7) is 4.76. The molecule has 2 N–H and O–H groups in total. The van der Waals surface area contributed by atoms with Gasteiger partial charge in [0.25, 0.3) is 5.91 Å². The molecule has 0 saturated carbocycles. The molecule has 0 bridgehead atoms. The van der Waals surface area contributed by atoms with E-state index in [0.29, 0.717) is 23.8 Å². The number of benzene rings is 2. The topological polar surface area (TPSA) is 67.4 Å². The van der Waals surface area contributed by atoms with Gasteiger partial charge < -0.3 is 4.74 Å². The summed E-state index contributed by atoms with van der Waals surface area (Å²) in [5, 5.41) is 0. The normalized spacial score (nSPS) is 10.3. The molecule has 0 aromatic heterocycles. The first kappa shape index (κ1) is 17.5. The second-order valence-corrected chi connectivity index (χ2v) is 5.89. The van der Waals surface area contributed by atoms with Crippen LogP contribution in [0.3, 0.4) is 0 Å². The van der Waals surface area contributed by atoms with E-state index in [9.17, 15) is 9.59 Å². The Bertz CT molecular complexity index is 667. The van der Waals surface area contributed by atoms with E-state index in [4.69, 9.17) is 4.74 Å². The molecule has 0 radical (unpaired) electrons. The van der Waals surface area contributed by atoms with Crippen LogP contribution >= 0.6 is 0 Å². The average Bonchev–Trinajstić information content (AvgIpc) is 2.59. The maximum absolute atomic E-state index is 12.0. The third-order valence-corrected chi connectivity index (χ3v) is 3.22. The number of nitrogens with one attached hydrogen (secondary N) is 2. The van der Waals surface area contributed by atoms with Crippen molar-refractivity contribution in [3.63, 3.8) is 0 Å². The average molecular weight is 326 g/mol. The monoisotopic (exact) mass is 326 g/mol. The lowest BCUT2D eigenvalue weighted by Gasteiger charge is -2.10. The molecular weight excluding hydrogens is 304 g/mol. The lowest BCUT2D eigenvalue weighted by molar-refractivity contribution is -0.121. The van der Waals surface area contributed by atoms with Crippen LogP contribution in [0, 0.1) is 5.92 Å². The van der Waals surface area contributed by atoms with Crippen molar-refractivity contribution < 1.29 is 14.3 Å². The van der Waals surface area contributed by atoms with E-state index in [1.165, 1.54) is 0 Å². The predicted octanol–water partition coefficient (Wildman–Crippen LogP) is 2.73. The number of hydrogen-bond donors (Lipinski definition) is 2. The summed E-state index contributed by atoms with van der Waals surface area (Å²) in [6.07, 6.45) is 0.211. The number of hydrazine groups is 1. The predicted molar refractivity (Wildman–Crippen MR) is 92.5 cm³/mol. The van der Waals surface area contributed by atoms with Crippen LogP contribution in [0.5, 0.6) is 5.75 Å². The number of rotatable bonds is 6. The zero-order valence-corrected chi connectivity index (χ0v) is 13.9. The van der Waals surface area contributed by atoms with Gasteiger partial charge in [0.1, 0.15) is 5.75 Å². The summed E-state index contributed by atoms with van der Waals surface area (Å²) in [7, 11) is 0. The van der Waals surface area contributed by atoms with Gasteiger partial charge in [-0.3, -0.25) is 20.4 Å². The van der Waals surface area contributed by atoms with E-state index in [2.05, 4.69) is 24.7 Å². The first-order valence-corrected chi connectivity index (χ1v) is 7.90. The summed E-state index contributed by atoms with van der Waals surface area (Å²) in [6, 6.07) is 16.1. The Morgan fingerprint density at radius 1 is 0.958 bits per heavy atom. The molecule has 0 atom stereocenters. The van der Waals surface area contributed by atoms with Gasteiger partial charge in [-0.05, 0) is 35.7 Å². The minimum absolute atomic E-state index is 0.211. The maximum atomic E-state index is 12.0. The van der Waals surface area contributed by atoms with E-state index >= 15 is 0 Å². The highest BCUT2D eigenvalue weighted by atomic mass is 16.5. The van der Waals surface area contributed by atoms with Crippen LogP contribution in [0.1, 0.15) is 29.8 Å². The molecule has 0 aliphatic rings. The summed E-state index contributed by atoms with van der Waals surface area (Å²) in [5.74, 6) is 0.513. The van der Waals surface area contributed by atoms with Crippen LogP contribution < -0.4 is 15.6 Å². The summed E-state index contributed by atoms with van der Waals surface area (Å²) in [4.78, 5) is 23.8. The van der Waals surface area contributed by atoms with Gasteiger partial charge >= 0.3 is 0 Å². The van der Waals surface area contributed by atoms with Gasteiger partial charge in [-0.2, -0.15) is 0 Å². The van der Waals surface area contributed by atoms with Crippen LogP contribution in [0.4, 0.5) is 0 Å². The molecule has 24 heavy (non-hydrogen) atoms. The molecule has 0 unspecified atom stereocenters. The maximum Gasteiger partial charge on any atom is 0.269 e. The fourth-order valence-electron chi connectivity index (χ4n) is 1.99. The minimum Gasteiger partial charge on any atom is -0.493 e. The zero-order valence-electron chi connectivity index (χ0n) is 13.9. The second kappa shape index (κ2) is 8.72. The van der Waals surface area contributed by atoms with E-state index in [1.807, 2.05) is 30.3 Å². The van der Waals surface area contributed by atoms with Gasteiger partial charge in [0.15, 0.2) is 0 Å². The van der Waals surface area contributed by atoms with Crippen molar-refractivity contribution in [3.8, 4) is 5.75 Å². The van der Waals surface area contributed by atoms with Gasteiger partial charge in [0.2, 0.25) is 5.91 Å². The number of amides is 2. The lowest BCUT2D eigenvalue weighted by atomic mass is 10.1. The summed E-state index contributed by atoms with van der Waals surface area (Å²) >= 11 is 0. The fourth-order valence-corrected chi connectivity index (χ4v) is 1.99. The molecule has 2 aromatic rings. The van der Waals surface area contributed by atoms with E-state index in [0.717, 1.165) is 5.56 Å². The van der Waals surface area contributed by atoms with E-state index in [-0.39, 0.29) is 18.2 Å². The van der Waals surface area contributed by atoms with Crippen molar-refractivity contribution >= 4 is 11.8 Å². The molecule has 0 spiro atoms. The number of ether oxygens (including phenoxy) is 1. The lowest BCUT2D eigenvalue weighted by Crippen LogP contribution is -2.42. The fraction of sp³-hybridized carbons (Fsp3) is 0.263. The molecule has 0 aliphatic carbocycles. The molecule has 5 nitrogen and oxygen atoms in total. The zero-order chi connectivity index (χ0) is 17.4. The molecule has 0 fully saturated rings. The molecular formula is C19H22N2O3. The second-order valence-electron chi connectivity index (χ2n) is 5.89. The van der Waals surface area contributed by atoms with Crippen molar-refractivity contribution in [2.45, 2.75) is 20.3 Å². The van der Waals surface area contributed by atoms with Crippen molar-refractivity contribution in [1.82, 2.24) is 10.9 Å². The quantitative estimate of drug-likeness (QED) is 0.802. The smallest absolute Gasteiger partial charge is 0.269 e. The third-order valence-electron chi connectivity index (χ3n) is 3.22. The van der Waals surface area contributed by atoms with Crippen LogP contribution in [-0.4, -0.2) is 18.4 Å². The molecule has 126 valence electrons. The number of carbonyl (C=O) groups is 2. The number of carbonyl (C=O) groups excluding carboxylic acids is 2. The Kier molecular flexibility index (Phi) is 6.37. The van der Waals surface area contributed by atoms with Gasteiger partial charge in [-0.15, -0.1) is 0 Å². The van der Waals surface area contributed by atoms with Crippen LogP contribution in [-0.2, 0) is 11.2 Å². The highest BCUT2D eigenvalue weighted by Gasteiger charge is 2.08. The molecule has 2 amide bonds. The van der Waals surface area contributed by atoms with Gasteiger partial charge in [-0.1, -0.05) is 44.2 Å². The van der Waals surface area contributed by atoms with Crippen molar-refractivity contribution in [2.75, 3.05) is 6.61 Å². The van der Waals surface area contributed by atoms with Crippen LogP contribution in [0.2, 0.25) is 0 Å². The van der Waals surface area contributed by atoms with Gasteiger partial charge in [-0.25, -0.2) is 0 Å². The third kappa shape index (κ3) is 5.76. The van der Waals surface area contributed by atoms with Gasteiger partial charge in [0, 0.05) is 5.56 Å². The Labute approximate surface area is 142 Å². The van der Waals surface area contributed by atoms with Crippen molar-refractivity contribution in [1.29, 1.82) is 0 Å². The Morgan fingerprint density at radius 2 is 1.62 bits per heavy atom. The first-order valence-electron chi connectivity index (χ1n) is 7.90. The minimum atomic E-state index is -0.369.